The van der Waals surface area contributed by atoms with Crippen LogP contribution in [0, 0.1) is 0 Å². The number of aliphatic hydroxyl groups excluding tert-OH is 1. The average molecular weight is 300 g/mol. The number of unbranched alkanes of at least 4 members (excludes halogenated alkanes) is 2. The summed E-state index contributed by atoms with van der Waals surface area (Å²) in [4.78, 5) is 11.2. The van der Waals surface area contributed by atoms with E-state index in [1.54, 1.807) is 6.07 Å². The van der Waals surface area contributed by atoms with E-state index in [9.17, 15) is 13.2 Å². The molecule has 1 rings (SSSR count). The Hall–Kier alpha value is -1.40. The number of hydrogen-bond acceptors (Lipinski definition) is 4. The van der Waals surface area contributed by atoms with Gasteiger partial charge in [-0.1, -0.05) is 19.4 Å². The normalized spacial score (nSPS) is 11.5. The van der Waals surface area contributed by atoms with Gasteiger partial charge in [0.2, 0.25) is 0 Å². The second kappa shape index (κ2) is 7.40. The van der Waals surface area contributed by atoms with Gasteiger partial charge in [-0.05, 0) is 37.0 Å². The molecule has 6 heteroatoms. The zero-order valence-electron chi connectivity index (χ0n) is 11.5. The highest BCUT2D eigenvalue weighted by atomic mass is 32.2. The van der Waals surface area contributed by atoms with Crippen LogP contribution in [-0.2, 0) is 16.3 Å². The van der Waals surface area contributed by atoms with Gasteiger partial charge in [0, 0.05) is 6.61 Å². The fraction of sp³-hybridized carbons (Fsp3) is 0.500. The summed E-state index contributed by atoms with van der Waals surface area (Å²) in [6.07, 6.45) is 2.21. The van der Waals surface area contributed by atoms with Crippen molar-refractivity contribution in [3.63, 3.8) is 0 Å². The molecule has 1 aromatic carbocycles. The van der Waals surface area contributed by atoms with Crippen LogP contribution in [0.5, 0.6) is 0 Å². The lowest BCUT2D eigenvalue weighted by molar-refractivity contribution is 0.0695. The summed E-state index contributed by atoms with van der Waals surface area (Å²) in [7, 11) is -3.47. The zero-order valence-corrected chi connectivity index (χ0v) is 12.3. The highest BCUT2D eigenvalue weighted by Crippen LogP contribution is 2.19. The first-order valence-electron chi connectivity index (χ1n) is 6.62. The van der Waals surface area contributed by atoms with Gasteiger partial charge in [0.1, 0.15) is 0 Å². The van der Waals surface area contributed by atoms with Gasteiger partial charge in [-0.2, -0.15) is 0 Å². The van der Waals surface area contributed by atoms with Gasteiger partial charge in [0.05, 0.1) is 16.2 Å². The number of aromatic carboxylic acids is 1. The van der Waals surface area contributed by atoms with Crippen LogP contribution in [0.25, 0.3) is 0 Å². The van der Waals surface area contributed by atoms with E-state index in [4.69, 9.17) is 10.2 Å². The monoisotopic (exact) mass is 300 g/mol. The van der Waals surface area contributed by atoms with Crippen molar-refractivity contribution in [3.05, 3.63) is 29.3 Å². The maximum Gasteiger partial charge on any atom is 0.336 e. The highest BCUT2D eigenvalue weighted by Gasteiger charge is 2.18. The molecular formula is C14H20O5S. The maximum absolute atomic E-state index is 12.1. The third-order valence-corrected chi connectivity index (χ3v) is 4.92. The van der Waals surface area contributed by atoms with E-state index in [-0.39, 0.29) is 22.8 Å². The van der Waals surface area contributed by atoms with Crippen molar-refractivity contribution < 1.29 is 23.4 Å². The fourth-order valence-corrected chi connectivity index (χ4v) is 3.35. The Morgan fingerprint density at radius 1 is 1.20 bits per heavy atom. The summed E-state index contributed by atoms with van der Waals surface area (Å²) >= 11 is 0. The van der Waals surface area contributed by atoms with Crippen LogP contribution in [0.1, 0.15) is 42.1 Å². The predicted molar refractivity (Wildman–Crippen MR) is 75.8 cm³/mol. The van der Waals surface area contributed by atoms with Gasteiger partial charge >= 0.3 is 5.97 Å². The molecule has 5 nitrogen and oxygen atoms in total. The summed E-state index contributed by atoms with van der Waals surface area (Å²) in [5, 5.41) is 17.8. The van der Waals surface area contributed by atoms with Crippen molar-refractivity contribution in [2.24, 2.45) is 0 Å². The minimum absolute atomic E-state index is 0.0302. The van der Waals surface area contributed by atoms with Crippen LogP contribution in [0.2, 0.25) is 0 Å². The van der Waals surface area contributed by atoms with E-state index in [0.29, 0.717) is 31.2 Å². The predicted octanol–water partition coefficient (Wildman–Crippen LogP) is 1.88. The summed E-state index contributed by atoms with van der Waals surface area (Å²) in [6.45, 7) is 1.87. The van der Waals surface area contributed by atoms with Gasteiger partial charge in [0.25, 0.3) is 0 Å². The highest BCUT2D eigenvalue weighted by molar-refractivity contribution is 7.91. The van der Waals surface area contributed by atoms with Crippen molar-refractivity contribution >= 4 is 15.8 Å². The largest absolute Gasteiger partial charge is 0.478 e. The van der Waals surface area contributed by atoms with Gasteiger partial charge in [0.15, 0.2) is 9.84 Å². The first kappa shape index (κ1) is 16.7. The van der Waals surface area contributed by atoms with E-state index in [2.05, 4.69) is 0 Å². The molecule has 0 aliphatic heterocycles. The van der Waals surface area contributed by atoms with Gasteiger partial charge in [-0.3, -0.25) is 0 Å². The molecule has 0 bridgehead atoms. The Bertz CT molecular complexity index is 563. The topological polar surface area (TPSA) is 91.7 Å². The Labute approximate surface area is 119 Å². The van der Waals surface area contributed by atoms with Gasteiger partial charge < -0.3 is 10.2 Å². The lowest BCUT2D eigenvalue weighted by Gasteiger charge is -2.08. The van der Waals surface area contributed by atoms with E-state index in [1.165, 1.54) is 12.1 Å². The molecule has 0 unspecified atom stereocenters. The van der Waals surface area contributed by atoms with Crippen molar-refractivity contribution in [1.82, 2.24) is 0 Å². The zero-order chi connectivity index (χ0) is 15.2. The van der Waals surface area contributed by atoms with Crippen molar-refractivity contribution in [2.75, 3.05) is 12.4 Å². The minimum atomic E-state index is -3.47. The summed E-state index contributed by atoms with van der Waals surface area (Å²) in [6, 6.07) is 4.26. The fourth-order valence-electron chi connectivity index (χ4n) is 1.95. The van der Waals surface area contributed by atoms with E-state index < -0.39 is 15.8 Å². The molecule has 20 heavy (non-hydrogen) atoms. The second-order valence-electron chi connectivity index (χ2n) is 4.58. The van der Waals surface area contributed by atoms with E-state index in [1.807, 2.05) is 6.92 Å². The minimum Gasteiger partial charge on any atom is -0.478 e. The Morgan fingerprint density at radius 2 is 1.90 bits per heavy atom. The number of carboxylic acids is 1. The molecule has 0 saturated carbocycles. The molecule has 0 aliphatic rings. The molecule has 0 atom stereocenters. The summed E-state index contributed by atoms with van der Waals surface area (Å²) in [5.41, 5.74) is 0.667. The Morgan fingerprint density at radius 3 is 2.45 bits per heavy atom. The lowest BCUT2D eigenvalue weighted by Crippen LogP contribution is -2.10. The number of rotatable bonds is 8. The SMILES string of the molecule is CCc1ccc(S(=O)(=O)CCCCCO)cc1C(=O)O. The van der Waals surface area contributed by atoms with Crippen LogP contribution in [-0.4, -0.2) is 37.0 Å². The number of benzene rings is 1. The lowest BCUT2D eigenvalue weighted by atomic mass is 10.1. The third kappa shape index (κ3) is 4.31. The van der Waals surface area contributed by atoms with E-state index in [0.717, 1.165) is 0 Å². The Balaban J connectivity index is 2.95. The first-order valence-corrected chi connectivity index (χ1v) is 8.27. The van der Waals surface area contributed by atoms with Gasteiger partial charge in [-0.25, -0.2) is 13.2 Å². The smallest absolute Gasteiger partial charge is 0.336 e. The molecule has 0 amide bonds. The molecule has 0 saturated heterocycles. The number of hydrogen-bond donors (Lipinski definition) is 2. The molecule has 0 aliphatic carbocycles. The van der Waals surface area contributed by atoms with Crippen molar-refractivity contribution in [2.45, 2.75) is 37.5 Å². The van der Waals surface area contributed by atoms with Crippen LogP contribution < -0.4 is 0 Å². The number of aliphatic hydroxyl groups is 1. The standard InChI is InChI=1S/C14H20O5S/c1-2-11-6-7-12(10-13(11)14(16)17)20(18,19)9-5-3-4-8-15/h6-7,10,15H,2-5,8-9H2,1H3,(H,16,17). The van der Waals surface area contributed by atoms with Crippen LogP contribution in [0.15, 0.2) is 23.1 Å². The van der Waals surface area contributed by atoms with Crippen molar-refractivity contribution in [3.8, 4) is 0 Å². The Kier molecular flexibility index (Phi) is 6.16. The summed E-state index contributed by atoms with van der Waals surface area (Å²) in [5.74, 6) is -1.14. The molecule has 0 spiro atoms. The molecule has 2 N–H and O–H groups in total. The molecular weight excluding hydrogens is 280 g/mol. The number of sulfone groups is 1. The third-order valence-electron chi connectivity index (χ3n) is 3.12. The quantitative estimate of drug-likeness (QED) is 0.715. The molecule has 112 valence electrons. The molecule has 1 aromatic rings. The molecule has 0 heterocycles. The van der Waals surface area contributed by atoms with Crippen LogP contribution >= 0.6 is 0 Å². The molecule has 0 radical (unpaired) electrons. The number of carboxylic acid groups (broad SMARTS) is 1. The second-order valence-corrected chi connectivity index (χ2v) is 6.69. The maximum atomic E-state index is 12.1. The van der Waals surface area contributed by atoms with E-state index >= 15 is 0 Å². The van der Waals surface area contributed by atoms with Crippen molar-refractivity contribution in [1.29, 1.82) is 0 Å². The van der Waals surface area contributed by atoms with Crippen LogP contribution in [0.4, 0.5) is 0 Å². The molecule has 0 aromatic heterocycles. The van der Waals surface area contributed by atoms with Crippen LogP contribution in [0.3, 0.4) is 0 Å². The summed E-state index contributed by atoms with van der Waals surface area (Å²) < 4.78 is 24.2. The van der Waals surface area contributed by atoms with Gasteiger partial charge in [-0.15, -0.1) is 0 Å². The average Bonchev–Trinajstić information content (AvgIpc) is 2.42. The molecule has 0 fully saturated rings. The first-order chi connectivity index (χ1) is 9.42. The number of carbonyl (C=O) groups is 1. The number of aryl methyl sites for hydroxylation is 1.